The normalized spacial score (nSPS) is 27.4. The van der Waals surface area contributed by atoms with Crippen LogP contribution in [0.3, 0.4) is 0 Å². The lowest BCUT2D eigenvalue weighted by Crippen LogP contribution is -2.52. The summed E-state index contributed by atoms with van der Waals surface area (Å²) in [4.78, 5) is 24.1. The number of hydrogen-bond donors (Lipinski definition) is 1. The van der Waals surface area contributed by atoms with Crippen molar-refractivity contribution in [2.45, 2.75) is 50.5 Å². The smallest absolute Gasteiger partial charge is 0.320 e. The van der Waals surface area contributed by atoms with Crippen molar-refractivity contribution in [1.82, 2.24) is 15.1 Å². The Labute approximate surface area is 192 Å². The quantitative estimate of drug-likeness (QED) is 0.481. The van der Waals surface area contributed by atoms with Crippen LogP contribution in [0.5, 0.6) is 11.5 Å². The number of ether oxygens (including phenoxy) is 2. The van der Waals surface area contributed by atoms with Crippen LogP contribution in [0.1, 0.15) is 54.6 Å². The Morgan fingerprint density at radius 1 is 1.15 bits per heavy atom. The van der Waals surface area contributed by atoms with E-state index >= 15 is 0 Å². The second-order valence-electron chi connectivity index (χ2n) is 9.90. The highest BCUT2D eigenvalue weighted by Gasteiger charge is 2.53. The van der Waals surface area contributed by atoms with Gasteiger partial charge in [-0.25, -0.2) is 0 Å². The standard InChI is InChI=1S/C24H30N4O5/c1-32-20-4-3-15(10-21(20)33-2)5-6-25-23(29)22-19(28(30)31)14-27(26-22)24-11-16-7-17(12-24)9-18(8-16)13-24/h3-4,10,14,16-18H,5-9,11-13H2,1-2H3,(H,25,29). The van der Waals surface area contributed by atoms with E-state index in [1.165, 1.54) is 25.5 Å². The molecule has 1 amide bonds. The van der Waals surface area contributed by atoms with E-state index in [0.29, 0.717) is 42.2 Å². The molecule has 2 aromatic rings. The van der Waals surface area contributed by atoms with Crippen LogP contribution in [0, 0.1) is 27.9 Å². The average Bonchev–Trinajstić information content (AvgIpc) is 3.25. The van der Waals surface area contributed by atoms with Crippen molar-refractivity contribution < 1.29 is 19.2 Å². The Bertz CT molecular complexity index is 1040. The van der Waals surface area contributed by atoms with Crippen molar-refractivity contribution in [2.75, 3.05) is 20.8 Å². The molecule has 1 aromatic heterocycles. The van der Waals surface area contributed by atoms with Crippen LogP contribution in [-0.2, 0) is 12.0 Å². The minimum atomic E-state index is -0.509. The number of carbonyl (C=O) groups is 1. The molecule has 0 atom stereocenters. The van der Waals surface area contributed by atoms with E-state index in [0.717, 1.165) is 24.8 Å². The molecule has 4 saturated carbocycles. The third-order valence-corrected chi connectivity index (χ3v) is 7.75. The molecule has 4 aliphatic carbocycles. The summed E-state index contributed by atoms with van der Waals surface area (Å²) < 4.78 is 12.3. The van der Waals surface area contributed by atoms with E-state index in [1.54, 1.807) is 18.9 Å². The number of nitrogens with one attached hydrogen (secondary N) is 1. The topological polar surface area (TPSA) is 109 Å². The lowest BCUT2D eigenvalue weighted by molar-refractivity contribution is -0.385. The van der Waals surface area contributed by atoms with Gasteiger partial charge >= 0.3 is 5.69 Å². The Balaban J connectivity index is 1.30. The zero-order valence-corrected chi connectivity index (χ0v) is 19.1. The molecule has 0 saturated heterocycles. The predicted molar refractivity (Wildman–Crippen MR) is 121 cm³/mol. The molecule has 9 nitrogen and oxygen atoms in total. The molecule has 33 heavy (non-hydrogen) atoms. The maximum absolute atomic E-state index is 12.9. The second-order valence-corrected chi connectivity index (χ2v) is 9.90. The molecule has 1 N–H and O–H groups in total. The van der Waals surface area contributed by atoms with Crippen LogP contribution in [0.25, 0.3) is 0 Å². The molecule has 4 bridgehead atoms. The number of rotatable bonds is 8. The van der Waals surface area contributed by atoms with Crippen LogP contribution < -0.4 is 14.8 Å². The summed E-state index contributed by atoms with van der Waals surface area (Å²) in [5.41, 5.74) is 0.483. The van der Waals surface area contributed by atoms with E-state index in [-0.39, 0.29) is 16.9 Å². The lowest BCUT2D eigenvalue weighted by Gasteiger charge is -2.56. The lowest BCUT2D eigenvalue weighted by atomic mass is 9.53. The molecule has 0 unspecified atom stereocenters. The van der Waals surface area contributed by atoms with Crippen LogP contribution in [0.4, 0.5) is 5.69 Å². The average molecular weight is 455 g/mol. The predicted octanol–water partition coefficient (Wildman–Crippen LogP) is 3.71. The van der Waals surface area contributed by atoms with Crippen molar-refractivity contribution in [1.29, 1.82) is 0 Å². The summed E-state index contributed by atoms with van der Waals surface area (Å²) in [6, 6.07) is 5.57. The molecule has 4 fully saturated rings. The van der Waals surface area contributed by atoms with Gasteiger partial charge in [0, 0.05) is 6.54 Å². The highest BCUT2D eigenvalue weighted by atomic mass is 16.6. The van der Waals surface area contributed by atoms with Crippen LogP contribution >= 0.6 is 0 Å². The molecule has 9 heteroatoms. The summed E-state index contributed by atoms with van der Waals surface area (Å²) in [5.74, 6) is 2.78. The van der Waals surface area contributed by atoms with Crippen molar-refractivity contribution in [3.8, 4) is 11.5 Å². The highest BCUT2D eigenvalue weighted by molar-refractivity contribution is 5.96. The van der Waals surface area contributed by atoms with E-state index in [1.807, 2.05) is 18.2 Å². The monoisotopic (exact) mass is 454 g/mol. The number of nitro groups is 1. The highest BCUT2D eigenvalue weighted by Crippen LogP contribution is 2.58. The molecule has 0 radical (unpaired) electrons. The molecule has 0 aliphatic heterocycles. The van der Waals surface area contributed by atoms with Gasteiger partial charge in [-0.3, -0.25) is 19.6 Å². The maximum atomic E-state index is 12.9. The first-order valence-electron chi connectivity index (χ1n) is 11.6. The third kappa shape index (κ3) is 3.94. The van der Waals surface area contributed by atoms with E-state index < -0.39 is 10.8 Å². The number of carbonyl (C=O) groups excluding carboxylic acids is 1. The van der Waals surface area contributed by atoms with Crippen molar-refractivity contribution in [3.05, 3.63) is 45.8 Å². The number of aromatic nitrogens is 2. The minimum absolute atomic E-state index is 0.0944. The maximum Gasteiger partial charge on any atom is 0.320 e. The Morgan fingerprint density at radius 3 is 2.36 bits per heavy atom. The summed E-state index contributed by atoms with van der Waals surface area (Å²) in [5, 5.41) is 19.1. The van der Waals surface area contributed by atoms with Crippen molar-refractivity contribution >= 4 is 11.6 Å². The number of nitrogens with zero attached hydrogens (tertiary/aromatic N) is 3. The molecule has 176 valence electrons. The van der Waals surface area contributed by atoms with Crippen LogP contribution in [-0.4, -0.2) is 41.4 Å². The third-order valence-electron chi connectivity index (χ3n) is 7.75. The Morgan fingerprint density at radius 2 is 1.79 bits per heavy atom. The van der Waals surface area contributed by atoms with Crippen molar-refractivity contribution in [3.63, 3.8) is 0 Å². The van der Waals surface area contributed by atoms with Gasteiger partial charge in [-0.1, -0.05) is 6.07 Å². The first-order valence-corrected chi connectivity index (χ1v) is 11.6. The van der Waals surface area contributed by atoms with E-state index in [9.17, 15) is 14.9 Å². The zero-order valence-electron chi connectivity index (χ0n) is 19.1. The minimum Gasteiger partial charge on any atom is -0.493 e. The van der Waals surface area contributed by atoms with Gasteiger partial charge in [-0.2, -0.15) is 5.10 Å². The van der Waals surface area contributed by atoms with E-state index in [2.05, 4.69) is 10.4 Å². The number of methoxy groups -OCH3 is 2. The second kappa shape index (κ2) is 8.35. The Kier molecular flexibility index (Phi) is 5.50. The number of benzene rings is 1. The molecule has 1 aromatic carbocycles. The van der Waals surface area contributed by atoms with Gasteiger partial charge in [0.1, 0.15) is 6.20 Å². The number of hydrogen-bond acceptors (Lipinski definition) is 6. The van der Waals surface area contributed by atoms with Gasteiger partial charge < -0.3 is 14.8 Å². The van der Waals surface area contributed by atoms with Gasteiger partial charge in [0.25, 0.3) is 5.91 Å². The molecule has 4 aliphatic rings. The fourth-order valence-corrected chi connectivity index (χ4v) is 6.69. The van der Waals surface area contributed by atoms with Crippen molar-refractivity contribution in [2.24, 2.45) is 17.8 Å². The van der Waals surface area contributed by atoms with Gasteiger partial charge in [-0.15, -0.1) is 0 Å². The fourth-order valence-electron chi connectivity index (χ4n) is 6.69. The SMILES string of the molecule is COc1ccc(CCNC(=O)c2nn(C34CC5CC(CC(C5)C3)C4)cc2[N+](=O)[O-])cc1OC. The fraction of sp³-hybridized carbons (Fsp3) is 0.583. The first kappa shape index (κ1) is 21.7. The molecular formula is C24H30N4O5. The molecule has 1 heterocycles. The van der Waals surface area contributed by atoms with E-state index in [4.69, 9.17) is 9.47 Å². The number of amides is 1. The Hall–Kier alpha value is -3.10. The van der Waals surface area contributed by atoms with Gasteiger partial charge in [0.2, 0.25) is 5.69 Å². The largest absolute Gasteiger partial charge is 0.493 e. The molecule has 6 rings (SSSR count). The summed E-state index contributed by atoms with van der Waals surface area (Å²) in [6.45, 7) is 0.329. The van der Waals surface area contributed by atoms with Gasteiger partial charge in [-0.05, 0) is 80.4 Å². The van der Waals surface area contributed by atoms with Gasteiger partial charge in [0.05, 0.1) is 24.7 Å². The first-order chi connectivity index (χ1) is 15.9. The van der Waals surface area contributed by atoms with Crippen LogP contribution in [0.15, 0.2) is 24.4 Å². The molecule has 0 spiro atoms. The summed E-state index contributed by atoms with van der Waals surface area (Å²) >= 11 is 0. The summed E-state index contributed by atoms with van der Waals surface area (Å²) in [6.07, 6.45) is 8.89. The zero-order chi connectivity index (χ0) is 23.2. The molecular weight excluding hydrogens is 424 g/mol. The summed E-state index contributed by atoms with van der Waals surface area (Å²) in [7, 11) is 3.15. The van der Waals surface area contributed by atoms with Gasteiger partial charge in [0.15, 0.2) is 11.5 Å². The van der Waals surface area contributed by atoms with Crippen LogP contribution in [0.2, 0.25) is 0 Å².